The van der Waals surface area contributed by atoms with Crippen LogP contribution in [0.1, 0.15) is 51.4 Å². The summed E-state index contributed by atoms with van der Waals surface area (Å²) in [5.41, 5.74) is 0.545. The second-order valence-corrected chi connectivity index (χ2v) is 9.10. The summed E-state index contributed by atoms with van der Waals surface area (Å²) >= 11 is 15.1. The van der Waals surface area contributed by atoms with Crippen molar-refractivity contribution in [1.82, 2.24) is 0 Å². The van der Waals surface area contributed by atoms with Crippen LogP contribution in [0.15, 0.2) is 0 Å². The molecule has 0 N–H and O–H groups in total. The summed E-state index contributed by atoms with van der Waals surface area (Å²) < 4.78 is 0. The zero-order valence-corrected chi connectivity index (χ0v) is 15.8. The predicted molar refractivity (Wildman–Crippen MR) is 84.9 cm³/mol. The molecule has 0 saturated heterocycles. The molecule has 17 heavy (non-hydrogen) atoms. The Labute approximate surface area is 138 Å². The SMILES string of the molecule is C1CCCC1.ClP(Cl)C1CCCC1Br.[CH3-].[CH3-].[Fe+2]. The van der Waals surface area contributed by atoms with Gasteiger partial charge in [-0.05, 0) is 12.8 Å². The van der Waals surface area contributed by atoms with Gasteiger partial charge in [0.1, 0.15) is 0 Å². The first-order valence-corrected chi connectivity index (χ1v) is 9.60. The number of hydrogen-bond acceptors (Lipinski definition) is 0. The minimum Gasteiger partial charge on any atom is -0.358 e. The average molecular weight is 406 g/mol. The van der Waals surface area contributed by atoms with E-state index < -0.39 is 6.63 Å². The van der Waals surface area contributed by atoms with Crippen LogP contribution in [-0.4, -0.2) is 10.5 Å². The van der Waals surface area contributed by atoms with Crippen molar-refractivity contribution in [3.8, 4) is 0 Å². The van der Waals surface area contributed by atoms with Crippen molar-refractivity contribution in [3.63, 3.8) is 0 Å². The smallest absolute Gasteiger partial charge is 0.358 e. The van der Waals surface area contributed by atoms with Crippen LogP contribution >= 0.6 is 45.0 Å². The third-order valence-corrected chi connectivity index (χ3v) is 7.03. The molecule has 0 amide bonds. The molecule has 0 aromatic heterocycles. The van der Waals surface area contributed by atoms with Gasteiger partial charge in [-0.25, -0.2) is 0 Å². The Morgan fingerprint density at radius 3 is 1.41 bits per heavy atom. The van der Waals surface area contributed by atoms with Crippen LogP contribution in [0.5, 0.6) is 0 Å². The molecule has 0 heterocycles. The Kier molecular flexibility index (Phi) is 20.4. The molecular formula is C12H24BrCl2FeP. The molecule has 0 bridgehead atoms. The Morgan fingerprint density at radius 1 is 0.824 bits per heavy atom. The molecular weight excluding hydrogens is 382 g/mol. The van der Waals surface area contributed by atoms with Crippen LogP contribution in [0.4, 0.5) is 0 Å². The molecule has 2 unspecified atom stereocenters. The summed E-state index contributed by atoms with van der Waals surface area (Å²) in [4.78, 5) is 0.582. The van der Waals surface area contributed by atoms with E-state index in [1.807, 2.05) is 0 Å². The van der Waals surface area contributed by atoms with Crippen LogP contribution in [0, 0.1) is 14.9 Å². The first kappa shape index (κ1) is 24.1. The first-order valence-electron chi connectivity index (χ1n) is 5.46. The van der Waals surface area contributed by atoms with E-state index in [0.29, 0.717) is 10.5 Å². The van der Waals surface area contributed by atoms with Crippen molar-refractivity contribution in [2.75, 3.05) is 0 Å². The molecule has 0 radical (unpaired) electrons. The van der Waals surface area contributed by atoms with Gasteiger partial charge in [0, 0.05) is 10.5 Å². The van der Waals surface area contributed by atoms with E-state index in [1.165, 1.54) is 51.4 Å². The van der Waals surface area contributed by atoms with E-state index in [9.17, 15) is 0 Å². The minimum absolute atomic E-state index is 0. The van der Waals surface area contributed by atoms with Crippen molar-refractivity contribution in [2.24, 2.45) is 0 Å². The Hall–Kier alpha value is 2.01. The monoisotopic (exact) mass is 404 g/mol. The van der Waals surface area contributed by atoms with Crippen LogP contribution in [0.25, 0.3) is 0 Å². The fourth-order valence-electron chi connectivity index (χ4n) is 2.00. The topological polar surface area (TPSA) is 0 Å². The van der Waals surface area contributed by atoms with Gasteiger partial charge in [0.2, 0.25) is 0 Å². The normalized spacial score (nSPS) is 26.1. The number of rotatable bonds is 1. The number of hydrogen-bond donors (Lipinski definition) is 0. The molecule has 2 fully saturated rings. The van der Waals surface area contributed by atoms with Crippen LogP contribution in [0.3, 0.4) is 0 Å². The first-order chi connectivity index (χ1) is 6.72. The van der Waals surface area contributed by atoms with E-state index in [4.69, 9.17) is 22.5 Å². The van der Waals surface area contributed by atoms with Gasteiger partial charge in [-0.2, -0.15) is 0 Å². The van der Waals surface area contributed by atoms with E-state index in [0.717, 1.165) is 0 Å². The summed E-state index contributed by atoms with van der Waals surface area (Å²) in [6, 6.07) is 0. The van der Waals surface area contributed by atoms with E-state index in [-0.39, 0.29) is 31.9 Å². The summed E-state index contributed by atoms with van der Waals surface area (Å²) in [6.45, 7) is -0.743. The van der Waals surface area contributed by atoms with Gasteiger partial charge in [0.15, 0.2) is 0 Å². The molecule has 2 aliphatic rings. The van der Waals surface area contributed by atoms with E-state index in [2.05, 4.69) is 15.9 Å². The van der Waals surface area contributed by atoms with Crippen molar-refractivity contribution >= 4 is 45.0 Å². The third kappa shape index (κ3) is 10.5. The maximum atomic E-state index is 5.78. The molecule has 0 aromatic carbocycles. The predicted octanol–water partition coefficient (Wildman–Crippen LogP) is 6.94. The molecule has 0 aliphatic heterocycles. The third-order valence-electron chi connectivity index (χ3n) is 2.90. The molecule has 0 nitrogen and oxygen atoms in total. The van der Waals surface area contributed by atoms with Gasteiger partial charge >= 0.3 is 17.1 Å². The van der Waals surface area contributed by atoms with Crippen molar-refractivity contribution in [3.05, 3.63) is 14.9 Å². The number of alkyl halides is 1. The molecule has 106 valence electrons. The van der Waals surface area contributed by atoms with Gasteiger partial charge in [-0.3, -0.25) is 0 Å². The quantitative estimate of drug-likeness (QED) is 0.192. The standard InChI is InChI=1S/C5H8BrCl2P.C5H10.2CH3.Fe/c6-4-2-1-3-5(4)9(7)8;1-2-4-5-3-1;;;/h4-5H,1-3H2;1-5H2;2*1H3;/q;;2*-1;+2. The average Bonchev–Trinajstić information content (AvgIpc) is 2.74. The molecule has 0 aromatic rings. The number of halogens is 3. The van der Waals surface area contributed by atoms with Gasteiger partial charge in [-0.15, -0.1) is 0 Å². The largest absolute Gasteiger partial charge is 2.00 e. The second-order valence-electron chi connectivity index (χ2n) is 4.04. The maximum Gasteiger partial charge on any atom is 2.00 e. The molecule has 2 saturated carbocycles. The van der Waals surface area contributed by atoms with Gasteiger partial charge in [-0.1, -0.05) is 76.9 Å². The van der Waals surface area contributed by atoms with Gasteiger partial charge in [0.05, 0.1) is 6.63 Å². The summed E-state index contributed by atoms with van der Waals surface area (Å²) in [7, 11) is 0. The van der Waals surface area contributed by atoms with Crippen LogP contribution < -0.4 is 0 Å². The van der Waals surface area contributed by atoms with Gasteiger partial charge < -0.3 is 14.9 Å². The molecule has 0 spiro atoms. The van der Waals surface area contributed by atoms with E-state index in [1.54, 1.807) is 0 Å². The molecule has 2 rings (SSSR count). The van der Waals surface area contributed by atoms with Crippen molar-refractivity contribution < 1.29 is 17.1 Å². The van der Waals surface area contributed by atoms with Crippen LogP contribution in [0.2, 0.25) is 0 Å². The maximum absolute atomic E-state index is 5.78. The molecule has 5 heteroatoms. The van der Waals surface area contributed by atoms with Gasteiger partial charge in [0.25, 0.3) is 0 Å². The fourth-order valence-corrected chi connectivity index (χ4v) is 6.29. The van der Waals surface area contributed by atoms with Crippen molar-refractivity contribution in [1.29, 1.82) is 0 Å². The van der Waals surface area contributed by atoms with Crippen LogP contribution in [-0.2, 0) is 17.1 Å². The zero-order valence-electron chi connectivity index (χ0n) is 10.7. The molecule has 2 atom stereocenters. The summed E-state index contributed by atoms with van der Waals surface area (Å²) in [5, 5.41) is 0. The van der Waals surface area contributed by atoms with E-state index >= 15 is 0 Å². The fraction of sp³-hybridized carbons (Fsp3) is 0.833. The zero-order chi connectivity index (χ0) is 10.4. The second kappa shape index (κ2) is 14.4. The summed E-state index contributed by atoms with van der Waals surface area (Å²) in [6.07, 6.45) is 11.2. The Morgan fingerprint density at radius 2 is 1.24 bits per heavy atom. The summed E-state index contributed by atoms with van der Waals surface area (Å²) in [5.74, 6) is 0. The Balaban J connectivity index is -0.000000216. The molecule has 2 aliphatic carbocycles. The van der Waals surface area contributed by atoms with Crippen molar-refractivity contribution in [2.45, 2.75) is 61.9 Å². The minimum atomic E-state index is -0.743. The Bertz CT molecular complexity index is 150.